The van der Waals surface area contributed by atoms with E-state index in [1.54, 1.807) is 6.07 Å². The third-order valence-electron chi connectivity index (χ3n) is 5.23. The minimum atomic E-state index is -4.82. The van der Waals surface area contributed by atoms with Gasteiger partial charge in [0.05, 0.1) is 21.3 Å². The first-order valence-electron chi connectivity index (χ1n) is 11.0. The number of amides is 2. The lowest BCUT2D eigenvalue weighted by atomic mass is 10.1. The van der Waals surface area contributed by atoms with Gasteiger partial charge < -0.3 is 16.6 Å². The van der Waals surface area contributed by atoms with E-state index in [-0.39, 0.29) is 36.0 Å². The van der Waals surface area contributed by atoms with E-state index in [1.807, 2.05) is 0 Å². The van der Waals surface area contributed by atoms with Gasteiger partial charge in [-0.15, -0.1) is 0 Å². The van der Waals surface area contributed by atoms with E-state index in [0.717, 1.165) is 23.1 Å². The van der Waals surface area contributed by atoms with Gasteiger partial charge >= 0.3 is 12.1 Å². The lowest BCUT2D eigenvalue weighted by molar-refractivity contribution is -0.139. The second-order valence-corrected chi connectivity index (χ2v) is 8.84. The molecule has 10 nitrogen and oxygen atoms in total. The number of alkyl halides is 3. The fourth-order valence-corrected chi connectivity index (χ4v) is 3.63. The summed E-state index contributed by atoms with van der Waals surface area (Å²) in [6, 6.07) is 7.56. The first-order valence-corrected chi connectivity index (χ1v) is 11.8. The highest BCUT2D eigenvalue weighted by molar-refractivity contribution is 6.42. The van der Waals surface area contributed by atoms with Crippen molar-refractivity contribution in [1.29, 1.82) is 5.41 Å². The summed E-state index contributed by atoms with van der Waals surface area (Å²) in [6.07, 6.45) is -5.77. The molecule has 0 saturated heterocycles. The number of hydrogen-bond donors (Lipinski definition) is 5. The number of hydrazine groups is 1. The average Bonchev–Trinajstić information content (AvgIpc) is 2.83. The number of carboxylic acid groups (broad SMARTS) is 1. The van der Waals surface area contributed by atoms with Crippen molar-refractivity contribution in [1.82, 2.24) is 10.3 Å². The van der Waals surface area contributed by atoms with Crippen molar-refractivity contribution in [3.63, 3.8) is 0 Å². The lowest BCUT2D eigenvalue weighted by Gasteiger charge is -2.28. The number of guanidine groups is 1. The summed E-state index contributed by atoms with van der Waals surface area (Å²) in [4.78, 5) is 37.6. The number of benzene rings is 2. The first kappa shape index (κ1) is 30.8. The number of carbonyl (C=O) groups excluding carboxylic acids is 2. The molecular formula is C23H25Cl2F3N6O4. The Morgan fingerprint density at radius 3 is 2.32 bits per heavy atom. The Morgan fingerprint density at radius 2 is 1.74 bits per heavy atom. The van der Waals surface area contributed by atoms with Crippen LogP contribution in [-0.4, -0.2) is 46.3 Å². The van der Waals surface area contributed by atoms with Crippen molar-refractivity contribution in [3.05, 3.63) is 63.6 Å². The molecule has 2 aromatic rings. The number of halogens is 5. The molecule has 15 heteroatoms. The smallest absolute Gasteiger partial charge is 0.418 e. The molecule has 0 aliphatic rings. The van der Waals surface area contributed by atoms with Crippen molar-refractivity contribution in [2.75, 3.05) is 11.6 Å². The van der Waals surface area contributed by atoms with Crippen LogP contribution < -0.4 is 21.9 Å². The Bertz CT molecular complexity index is 1200. The average molecular weight is 577 g/mol. The van der Waals surface area contributed by atoms with Gasteiger partial charge in [-0.2, -0.15) is 13.2 Å². The van der Waals surface area contributed by atoms with Crippen molar-refractivity contribution in [2.24, 2.45) is 11.5 Å². The molecule has 0 spiro atoms. The van der Waals surface area contributed by atoms with E-state index < -0.39 is 53.6 Å². The van der Waals surface area contributed by atoms with Crippen LogP contribution in [0.3, 0.4) is 0 Å². The van der Waals surface area contributed by atoms with Crippen LogP contribution in [0.2, 0.25) is 10.0 Å². The molecule has 0 radical (unpaired) electrons. The predicted molar refractivity (Wildman–Crippen MR) is 135 cm³/mol. The van der Waals surface area contributed by atoms with Gasteiger partial charge in [0.15, 0.2) is 5.96 Å². The minimum absolute atomic E-state index is 0.0448. The van der Waals surface area contributed by atoms with Crippen molar-refractivity contribution < 1.29 is 32.7 Å². The molecule has 0 saturated carbocycles. The standard InChI is InChI=1S/C23H25Cl2F3N6O4/c24-15-8-7-13(10-16(15)25)12-32-34(18-6-2-1-4-14(18)23(26,27)28)20(36)11-19(35)33(22(30)31)9-3-5-17(29)21(37)38/h1-2,4,6-8,10,17,32H,3,5,9,11-12,29H2,(H3,30,31)(H,37,38). The van der Waals surface area contributed by atoms with Gasteiger partial charge in [0.2, 0.25) is 5.91 Å². The molecule has 7 N–H and O–H groups in total. The minimum Gasteiger partial charge on any atom is -0.480 e. The Kier molecular flexibility index (Phi) is 10.9. The zero-order valence-corrected chi connectivity index (χ0v) is 21.3. The zero-order valence-electron chi connectivity index (χ0n) is 19.8. The maximum atomic E-state index is 13.7. The molecule has 1 atom stereocenters. The normalized spacial score (nSPS) is 12.1. The predicted octanol–water partition coefficient (Wildman–Crippen LogP) is 3.35. The largest absolute Gasteiger partial charge is 0.480 e. The molecule has 0 fully saturated rings. The highest BCUT2D eigenvalue weighted by Gasteiger charge is 2.36. The SMILES string of the molecule is N=C(N)N(CCCC(N)C(=O)O)C(=O)CC(=O)N(NCc1ccc(Cl)c(Cl)c1)c1ccccc1C(F)(F)F. The second kappa shape index (κ2) is 13.4. The van der Waals surface area contributed by atoms with E-state index in [0.29, 0.717) is 10.6 Å². The Balaban J connectivity index is 2.29. The molecule has 1 unspecified atom stereocenters. The van der Waals surface area contributed by atoms with Crippen LogP contribution in [0.1, 0.15) is 30.4 Å². The van der Waals surface area contributed by atoms with Crippen LogP contribution in [-0.2, 0) is 27.1 Å². The molecule has 2 amide bonds. The molecule has 38 heavy (non-hydrogen) atoms. The number of carboxylic acids is 1. The zero-order chi connectivity index (χ0) is 28.6. The summed E-state index contributed by atoms with van der Waals surface area (Å²) < 4.78 is 41.2. The molecule has 2 rings (SSSR count). The van der Waals surface area contributed by atoms with E-state index in [9.17, 15) is 27.6 Å². The number of hydrogen-bond acceptors (Lipinski definition) is 6. The van der Waals surface area contributed by atoms with Crippen LogP contribution >= 0.6 is 23.2 Å². The number of para-hydroxylation sites is 1. The number of anilines is 1. The molecule has 2 aromatic carbocycles. The number of carbonyl (C=O) groups is 3. The summed E-state index contributed by atoms with van der Waals surface area (Å²) in [5, 5.41) is 17.6. The quantitative estimate of drug-likeness (QED) is 0.118. The van der Waals surface area contributed by atoms with Crippen LogP contribution in [0.15, 0.2) is 42.5 Å². The molecular weight excluding hydrogens is 552 g/mol. The van der Waals surface area contributed by atoms with Crippen LogP contribution in [0.4, 0.5) is 18.9 Å². The van der Waals surface area contributed by atoms with Gasteiger partial charge in [-0.1, -0.05) is 41.4 Å². The van der Waals surface area contributed by atoms with Gasteiger partial charge in [0, 0.05) is 13.1 Å². The monoisotopic (exact) mass is 576 g/mol. The van der Waals surface area contributed by atoms with Crippen molar-refractivity contribution >= 4 is 52.6 Å². The number of nitrogens with two attached hydrogens (primary N) is 2. The summed E-state index contributed by atoms with van der Waals surface area (Å²) >= 11 is 11.9. The number of rotatable bonds is 11. The van der Waals surface area contributed by atoms with Gasteiger partial charge in [-0.3, -0.25) is 24.7 Å². The highest BCUT2D eigenvalue weighted by atomic mass is 35.5. The fraction of sp³-hybridized carbons (Fsp3) is 0.304. The summed E-state index contributed by atoms with van der Waals surface area (Å²) in [7, 11) is 0. The number of nitrogens with one attached hydrogen (secondary N) is 2. The Hall–Kier alpha value is -3.39. The molecule has 0 aromatic heterocycles. The topological polar surface area (TPSA) is 166 Å². The maximum absolute atomic E-state index is 13.7. The number of nitrogens with zero attached hydrogens (tertiary/aromatic N) is 2. The van der Waals surface area contributed by atoms with E-state index in [2.05, 4.69) is 5.43 Å². The number of aliphatic carboxylic acids is 1. The van der Waals surface area contributed by atoms with E-state index >= 15 is 0 Å². The lowest BCUT2D eigenvalue weighted by Crippen LogP contribution is -2.48. The Labute approximate surface area is 225 Å². The van der Waals surface area contributed by atoms with Gasteiger partial charge in [0.25, 0.3) is 5.91 Å². The summed E-state index contributed by atoms with van der Waals surface area (Å²) in [5.41, 5.74) is 12.3. The summed E-state index contributed by atoms with van der Waals surface area (Å²) in [6.45, 7) is -0.384. The van der Waals surface area contributed by atoms with Gasteiger partial charge in [0.1, 0.15) is 12.5 Å². The third-order valence-corrected chi connectivity index (χ3v) is 5.97. The van der Waals surface area contributed by atoms with Crippen LogP contribution in [0, 0.1) is 5.41 Å². The highest BCUT2D eigenvalue weighted by Crippen LogP contribution is 2.36. The van der Waals surface area contributed by atoms with Crippen molar-refractivity contribution in [3.8, 4) is 0 Å². The van der Waals surface area contributed by atoms with Crippen LogP contribution in [0.5, 0.6) is 0 Å². The molecule has 0 heterocycles. The summed E-state index contributed by atoms with van der Waals surface area (Å²) in [5.74, 6) is -4.02. The first-order chi connectivity index (χ1) is 17.7. The van der Waals surface area contributed by atoms with Crippen molar-refractivity contribution in [2.45, 2.75) is 38.0 Å². The maximum Gasteiger partial charge on any atom is 0.418 e. The van der Waals surface area contributed by atoms with E-state index in [1.165, 1.54) is 18.2 Å². The van der Waals surface area contributed by atoms with Gasteiger partial charge in [-0.05, 0) is 42.7 Å². The molecule has 0 aliphatic heterocycles. The van der Waals surface area contributed by atoms with Gasteiger partial charge in [-0.25, -0.2) is 10.4 Å². The third kappa shape index (κ3) is 8.58. The van der Waals surface area contributed by atoms with Crippen LogP contribution in [0.25, 0.3) is 0 Å². The fourth-order valence-electron chi connectivity index (χ4n) is 3.31. The second-order valence-electron chi connectivity index (χ2n) is 8.02. The Morgan fingerprint density at radius 1 is 1.08 bits per heavy atom. The molecule has 0 bridgehead atoms. The van der Waals surface area contributed by atoms with E-state index in [4.69, 9.17) is 45.2 Å². The molecule has 206 valence electrons. The molecule has 0 aliphatic carbocycles.